The molecule has 10 nitrogen and oxygen atoms in total. The van der Waals surface area contributed by atoms with Crippen LogP contribution >= 0.6 is 0 Å². The fourth-order valence-corrected chi connectivity index (χ4v) is 3.73. The first-order valence-electron chi connectivity index (χ1n) is 10.6. The number of carbonyl (C=O) groups excluding carboxylic acids is 2. The van der Waals surface area contributed by atoms with Crippen LogP contribution in [0.3, 0.4) is 0 Å². The molecule has 1 unspecified atom stereocenters. The third kappa shape index (κ3) is 5.98. The number of carbonyl (C=O) groups is 2. The molecule has 3 rings (SSSR count). The SMILES string of the molecule is COc1cccc(CC(=O)N2CCN(C(C)C(=O)Nc3ccc(OC)cc3[N+](=O)[O-])CC2)c1. The number of anilines is 1. The molecule has 2 aromatic carbocycles. The van der Waals surface area contributed by atoms with E-state index in [2.05, 4.69) is 5.32 Å². The number of amides is 2. The molecule has 1 N–H and O–H groups in total. The minimum absolute atomic E-state index is 0.0221. The Morgan fingerprint density at radius 2 is 1.73 bits per heavy atom. The summed E-state index contributed by atoms with van der Waals surface area (Å²) in [6.45, 7) is 3.82. The minimum atomic E-state index is -0.560. The van der Waals surface area contributed by atoms with E-state index in [9.17, 15) is 19.7 Å². The number of hydrogen-bond acceptors (Lipinski definition) is 7. The quantitative estimate of drug-likeness (QED) is 0.479. The standard InChI is InChI=1S/C23H28N4O6/c1-16(23(29)24-20-8-7-19(33-3)15-21(20)27(30)31)25-9-11-26(12-10-25)22(28)14-17-5-4-6-18(13-17)32-2/h4-8,13,15-16H,9-12,14H2,1-3H3,(H,24,29). The van der Waals surface area contributed by atoms with Gasteiger partial charge < -0.3 is 19.7 Å². The number of benzene rings is 2. The lowest BCUT2D eigenvalue weighted by Gasteiger charge is -2.37. The highest BCUT2D eigenvalue weighted by Crippen LogP contribution is 2.29. The summed E-state index contributed by atoms with van der Waals surface area (Å²) in [5.74, 6) is 0.720. The summed E-state index contributed by atoms with van der Waals surface area (Å²) in [5.41, 5.74) is 0.767. The van der Waals surface area contributed by atoms with Gasteiger partial charge in [0.25, 0.3) is 5.69 Å². The zero-order valence-electron chi connectivity index (χ0n) is 18.9. The molecule has 176 valence electrons. The largest absolute Gasteiger partial charge is 0.497 e. The van der Waals surface area contributed by atoms with E-state index in [1.54, 1.807) is 25.0 Å². The molecular formula is C23H28N4O6. The molecule has 0 aliphatic carbocycles. The Kier molecular flexibility index (Phi) is 7.83. The predicted molar refractivity (Wildman–Crippen MR) is 123 cm³/mol. The second kappa shape index (κ2) is 10.8. The molecule has 0 bridgehead atoms. The molecule has 2 amide bonds. The van der Waals surface area contributed by atoms with Crippen molar-refractivity contribution in [1.82, 2.24) is 9.80 Å². The molecule has 33 heavy (non-hydrogen) atoms. The van der Waals surface area contributed by atoms with Gasteiger partial charge in [-0.1, -0.05) is 12.1 Å². The molecule has 1 saturated heterocycles. The number of ether oxygens (including phenoxy) is 2. The van der Waals surface area contributed by atoms with Crippen molar-refractivity contribution in [2.75, 3.05) is 45.7 Å². The number of rotatable bonds is 8. The van der Waals surface area contributed by atoms with Crippen LogP contribution in [0, 0.1) is 10.1 Å². The van der Waals surface area contributed by atoms with Crippen LogP contribution in [0.4, 0.5) is 11.4 Å². The van der Waals surface area contributed by atoms with Gasteiger partial charge in [0, 0.05) is 26.2 Å². The van der Waals surface area contributed by atoms with Crippen molar-refractivity contribution < 1.29 is 24.0 Å². The van der Waals surface area contributed by atoms with Gasteiger partial charge >= 0.3 is 0 Å². The zero-order chi connectivity index (χ0) is 24.0. The van der Waals surface area contributed by atoms with E-state index in [4.69, 9.17) is 9.47 Å². The molecule has 1 fully saturated rings. The molecule has 1 aliphatic rings. The van der Waals surface area contributed by atoms with Gasteiger partial charge in [0.1, 0.15) is 17.2 Å². The van der Waals surface area contributed by atoms with Crippen LogP contribution in [-0.4, -0.2) is 73.0 Å². The number of nitro benzene ring substituents is 1. The third-order valence-corrected chi connectivity index (χ3v) is 5.74. The lowest BCUT2D eigenvalue weighted by atomic mass is 10.1. The third-order valence-electron chi connectivity index (χ3n) is 5.74. The Hall–Kier alpha value is -3.66. The van der Waals surface area contributed by atoms with Crippen molar-refractivity contribution in [2.45, 2.75) is 19.4 Å². The van der Waals surface area contributed by atoms with Crippen LogP contribution < -0.4 is 14.8 Å². The zero-order valence-corrected chi connectivity index (χ0v) is 18.9. The lowest BCUT2D eigenvalue weighted by Crippen LogP contribution is -2.54. The van der Waals surface area contributed by atoms with Crippen molar-refractivity contribution in [3.8, 4) is 11.5 Å². The Bertz CT molecular complexity index is 1020. The second-order valence-corrected chi connectivity index (χ2v) is 7.75. The van der Waals surface area contributed by atoms with Gasteiger partial charge in [0.05, 0.1) is 37.7 Å². The van der Waals surface area contributed by atoms with Crippen LogP contribution in [-0.2, 0) is 16.0 Å². The van der Waals surface area contributed by atoms with Crippen LogP contribution in [0.2, 0.25) is 0 Å². The maximum absolute atomic E-state index is 12.8. The Labute approximate surface area is 192 Å². The van der Waals surface area contributed by atoms with Gasteiger partial charge in [-0.3, -0.25) is 24.6 Å². The summed E-state index contributed by atoms with van der Waals surface area (Å²) >= 11 is 0. The van der Waals surface area contributed by atoms with Crippen molar-refractivity contribution in [1.29, 1.82) is 0 Å². The average Bonchev–Trinajstić information content (AvgIpc) is 2.83. The van der Waals surface area contributed by atoms with Gasteiger partial charge in [0.15, 0.2) is 0 Å². The van der Waals surface area contributed by atoms with E-state index in [1.165, 1.54) is 19.2 Å². The lowest BCUT2D eigenvalue weighted by molar-refractivity contribution is -0.384. The van der Waals surface area contributed by atoms with Gasteiger partial charge in [-0.05, 0) is 36.8 Å². The number of nitrogens with one attached hydrogen (secondary N) is 1. The van der Waals surface area contributed by atoms with Crippen molar-refractivity contribution in [3.05, 3.63) is 58.1 Å². The molecule has 0 saturated carbocycles. The number of nitro groups is 1. The fraction of sp³-hybridized carbons (Fsp3) is 0.391. The molecule has 0 aromatic heterocycles. The van der Waals surface area contributed by atoms with E-state index in [-0.39, 0.29) is 29.6 Å². The maximum Gasteiger partial charge on any atom is 0.296 e. The first-order chi connectivity index (χ1) is 15.8. The number of nitrogens with zero attached hydrogens (tertiary/aromatic N) is 3. The summed E-state index contributed by atoms with van der Waals surface area (Å²) in [5, 5.41) is 14.0. The van der Waals surface area contributed by atoms with E-state index in [0.29, 0.717) is 37.7 Å². The highest BCUT2D eigenvalue weighted by atomic mass is 16.6. The van der Waals surface area contributed by atoms with Gasteiger partial charge in [-0.2, -0.15) is 0 Å². The molecule has 1 aliphatic heterocycles. The molecule has 1 heterocycles. The van der Waals surface area contributed by atoms with Gasteiger partial charge in [-0.25, -0.2) is 0 Å². The normalized spacial score (nSPS) is 14.9. The molecular weight excluding hydrogens is 428 g/mol. The van der Waals surface area contributed by atoms with E-state index in [1.807, 2.05) is 29.2 Å². The van der Waals surface area contributed by atoms with Crippen LogP contribution in [0.5, 0.6) is 11.5 Å². The first kappa shape index (κ1) is 24.0. The van der Waals surface area contributed by atoms with Crippen molar-refractivity contribution >= 4 is 23.2 Å². The molecule has 0 spiro atoms. The maximum atomic E-state index is 12.8. The summed E-state index contributed by atoms with van der Waals surface area (Å²) in [7, 11) is 3.00. The molecule has 10 heteroatoms. The van der Waals surface area contributed by atoms with Crippen LogP contribution in [0.1, 0.15) is 12.5 Å². The number of piperazine rings is 1. The molecule has 2 aromatic rings. The summed E-state index contributed by atoms with van der Waals surface area (Å²) in [6, 6.07) is 11.2. The summed E-state index contributed by atoms with van der Waals surface area (Å²) in [4.78, 5) is 40.0. The summed E-state index contributed by atoms with van der Waals surface area (Å²) in [6.07, 6.45) is 0.286. The van der Waals surface area contributed by atoms with Crippen LogP contribution in [0.15, 0.2) is 42.5 Å². The topological polar surface area (TPSA) is 114 Å². The van der Waals surface area contributed by atoms with Gasteiger partial charge in [-0.15, -0.1) is 0 Å². The Morgan fingerprint density at radius 1 is 1.06 bits per heavy atom. The van der Waals surface area contributed by atoms with E-state index >= 15 is 0 Å². The fourth-order valence-electron chi connectivity index (χ4n) is 3.73. The Balaban J connectivity index is 1.55. The Morgan fingerprint density at radius 3 is 2.36 bits per heavy atom. The number of hydrogen-bond donors (Lipinski definition) is 1. The highest BCUT2D eigenvalue weighted by molar-refractivity contribution is 5.96. The first-order valence-corrected chi connectivity index (χ1v) is 10.6. The van der Waals surface area contributed by atoms with Crippen molar-refractivity contribution in [2.24, 2.45) is 0 Å². The average molecular weight is 456 g/mol. The minimum Gasteiger partial charge on any atom is -0.497 e. The highest BCUT2D eigenvalue weighted by Gasteiger charge is 2.28. The molecule has 0 radical (unpaired) electrons. The molecule has 1 atom stereocenters. The van der Waals surface area contributed by atoms with E-state index < -0.39 is 11.0 Å². The van der Waals surface area contributed by atoms with E-state index in [0.717, 1.165) is 5.56 Å². The van der Waals surface area contributed by atoms with Crippen LogP contribution in [0.25, 0.3) is 0 Å². The monoisotopic (exact) mass is 456 g/mol. The summed E-state index contributed by atoms with van der Waals surface area (Å²) < 4.78 is 10.2. The van der Waals surface area contributed by atoms with Gasteiger partial charge in [0.2, 0.25) is 11.8 Å². The smallest absolute Gasteiger partial charge is 0.296 e. The predicted octanol–water partition coefficient (Wildman–Crippen LogP) is 2.33. The number of methoxy groups -OCH3 is 2. The van der Waals surface area contributed by atoms with Crippen molar-refractivity contribution in [3.63, 3.8) is 0 Å². The second-order valence-electron chi connectivity index (χ2n) is 7.75.